The molecule has 0 bridgehead atoms. The van der Waals surface area contributed by atoms with Gasteiger partial charge in [-0.3, -0.25) is 24.8 Å². The van der Waals surface area contributed by atoms with Crippen molar-refractivity contribution in [2.75, 3.05) is 0 Å². The summed E-state index contributed by atoms with van der Waals surface area (Å²) in [7, 11) is 0. The van der Waals surface area contributed by atoms with Gasteiger partial charge in [-0.15, -0.1) is 0 Å². The quantitative estimate of drug-likeness (QED) is 0.376. The molecule has 0 aliphatic carbocycles. The van der Waals surface area contributed by atoms with E-state index in [0.717, 1.165) is 0 Å². The second-order valence-corrected chi connectivity index (χ2v) is 3.32. The number of carbonyl (C=O) groups is 1. The molecule has 4 N–H and O–H groups in total. The third-order valence-corrected chi connectivity index (χ3v) is 2.06. The lowest BCUT2D eigenvalue weighted by molar-refractivity contribution is 0.0703. The summed E-state index contributed by atoms with van der Waals surface area (Å²) in [5.74, 6) is -1.99. The van der Waals surface area contributed by atoms with Crippen molar-refractivity contribution < 1.29 is 27.9 Å². The van der Waals surface area contributed by atoms with Gasteiger partial charge < -0.3 is 9.63 Å². The maximum Gasteiger partial charge on any atom is 0.287 e. The van der Waals surface area contributed by atoms with Crippen LogP contribution in [0.4, 0.5) is 0 Å². The van der Waals surface area contributed by atoms with E-state index in [2.05, 4.69) is 14.5 Å². The topological polar surface area (TPSA) is 141 Å². The van der Waals surface area contributed by atoms with Gasteiger partial charge in [0.15, 0.2) is 5.58 Å². The predicted molar refractivity (Wildman–Crippen MR) is 69.8 cm³/mol. The molecular weight excluding hydrogens is 280 g/mol. The second-order valence-electron chi connectivity index (χ2n) is 3.32. The van der Waals surface area contributed by atoms with Crippen molar-refractivity contribution in [2.45, 2.75) is 0 Å². The van der Waals surface area contributed by atoms with E-state index >= 15 is 0 Å². The molecule has 1 amide bonds. The van der Waals surface area contributed by atoms with Gasteiger partial charge in [-0.1, -0.05) is 0 Å². The molecule has 0 saturated heterocycles. The predicted octanol–water partition coefficient (Wildman–Crippen LogP) is 0.422. The lowest BCUT2D eigenvalue weighted by Gasteiger charge is -1.98. The average molecular weight is 296 g/mol. The zero-order chi connectivity index (χ0) is 20.5. The van der Waals surface area contributed by atoms with Gasteiger partial charge in [0.25, 0.3) is 11.5 Å². The number of pyridine rings is 2. The number of aromatic hydroxyl groups is 1. The van der Waals surface area contributed by atoms with Crippen molar-refractivity contribution in [3.05, 3.63) is 52.7 Å². The van der Waals surface area contributed by atoms with E-state index in [4.69, 9.17) is 13.4 Å². The minimum Gasteiger partial charge on any atom is -0.505 e. The number of nitrogens with zero attached hydrogens (tertiary/aromatic N) is 2. The summed E-state index contributed by atoms with van der Waals surface area (Å²) in [6.07, 6.45) is -2.02. The Kier molecular flexibility index (Phi) is 2.45. The number of H-pyrrole nitrogens is 1. The summed E-state index contributed by atoms with van der Waals surface area (Å²) in [6.45, 7) is 0. The molecule has 9 nitrogen and oxygen atoms in total. The highest BCUT2D eigenvalue weighted by Gasteiger charge is 2.08. The third-order valence-electron chi connectivity index (χ3n) is 2.06. The molecule has 0 atom stereocenters. The van der Waals surface area contributed by atoms with Gasteiger partial charge in [0.05, 0.1) is 31.5 Å². The van der Waals surface area contributed by atoms with Crippen LogP contribution >= 0.6 is 0 Å². The number of carbonyl (C=O) groups excluding carboxylic acids is 1. The molecule has 0 aliphatic heterocycles. The van der Waals surface area contributed by atoms with Crippen molar-refractivity contribution in [3.8, 4) is 5.75 Å². The van der Waals surface area contributed by atoms with Crippen LogP contribution in [0, 0.1) is 0 Å². The van der Waals surface area contributed by atoms with Crippen LogP contribution in [0.15, 0.2) is 46.1 Å². The fraction of sp³-hybridized carbons (Fsp3) is 0. The van der Waals surface area contributed by atoms with Gasteiger partial charge in [0.2, 0.25) is 0 Å². The summed E-state index contributed by atoms with van der Waals surface area (Å²) in [5, 5.41) is 19.4. The van der Waals surface area contributed by atoms with Crippen molar-refractivity contribution in [1.29, 1.82) is 0 Å². The standard InChI is InChI=1S/C6H6N2O3.C6H4N2O2/c9-5-3-7-2-1-4(5)6(10)8-11;9-6-4-1-2-7-3-5(4)10-8-6/h1-3,9,11H,(H,8,10);1-3H,(H,8,9)/i2*1D,2D,3D. The van der Waals surface area contributed by atoms with E-state index in [9.17, 15) is 14.7 Å². The van der Waals surface area contributed by atoms with Gasteiger partial charge in [-0.05, 0) is 12.1 Å². The fourth-order valence-corrected chi connectivity index (χ4v) is 1.16. The summed E-state index contributed by atoms with van der Waals surface area (Å²) >= 11 is 0. The first-order valence-electron chi connectivity index (χ1n) is 8.16. The molecule has 3 heterocycles. The summed E-state index contributed by atoms with van der Waals surface area (Å²) in [5.41, 5.74) is -0.122. The summed E-state index contributed by atoms with van der Waals surface area (Å²) in [6, 6.07) is -0.967. The number of rotatable bonds is 1. The van der Waals surface area contributed by atoms with Crippen LogP contribution in [0.25, 0.3) is 11.0 Å². The monoisotopic (exact) mass is 296 g/mol. The fourth-order valence-electron chi connectivity index (χ4n) is 1.16. The minimum atomic E-state index is -1.16. The molecule has 3 rings (SSSR count). The summed E-state index contributed by atoms with van der Waals surface area (Å²) in [4.78, 5) is 28.6. The number of nitrogens with one attached hydrogen (secondary N) is 2. The Morgan fingerprint density at radius 3 is 2.81 bits per heavy atom. The van der Waals surface area contributed by atoms with Crippen molar-refractivity contribution in [3.63, 3.8) is 0 Å². The first-order chi connectivity index (χ1) is 12.6. The minimum absolute atomic E-state index is 0.0778. The van der Waals surface area contributed by atoms with E-state index < -0.39 is 47.3 Å². The highest BCUT2D eigenvalue weighted by atomic mass is 16.5. The van der Waals surface area contributed by atoms with E-state index in [-0.39, 0.29) is 23.2 Å². The van der Waals surface area contributed by atoms with E-state index in [1.54, 1.807) is 0 Å². The Morgan fingerprint density at radius 2 is 2.05 bits per heavy atom. The summed E-state index contributed by atoms with van der Waals surface area (Å²) < 4.78 is 47.7. The number of hydrogen-bond donors (Lipinski definition) is 4. The number of amides is 1. The van der Waals surface area contributed by atoms with Crippen LogP contribution in [0.2, 0.25) is 0 Å². The van der Waals surface area contributed by atoms with Gasteiger partial charge in [0.1, 0.15) is 5.75 Å². The number of hydrogen-bond acceptors (Lipinski definition) is 7. The molecule has 21 heavy (non-hydrogen) atoms. The molecule has 0 radical (unpaired) electrons. The SMILES string of the molecule is [2H]c1nc([2H])c(O)c(C(=O)NO)c1[2H].[2H]c1nc([2H])c2o[nH]c(=O)c2c1[2H]. The number of aromatic nitrogens is 3. The average Bonchev–Trinajstić information content (AvgIpc) is 3.01. The lowest BCUT2D eigenvalue weighted by Crippen LogP contribution is -2.18. The van der Waals surface area contributed by atoms with E-state index in [0.29, 0.717) is 0 Å². The normalized spacial score (nSPS) is 13.8. The number of hydroxylamine groups is 1. The van der Waals surface area contributed by atoms with Gasteiger partial charge in [0, 0.05) is 12.3 Å². The molecular formula is C12H10N4O5. The highest BCUT2D eigenvalue weighted by molar-refractivity contribution is 5.95. The van der Waals surface area contributed by atoms with Crippen LogP contribution < -0.4 is 11.0 Å². The van der Waals surface area contributed by atoms with Gasteiger partial charge in [-0.2, -0.15) is 5.16 Å². The zero-order valence-electron chi connectivity index (χ0n) is 16.0. The lowest BCUT2D eigenvalue weighted by atomic mass is 10.2. The van der Waals surface area contributed by atoms with E-state index in [1.165, 1.54) is 5.48 Å². The highest BCUT2D eigenvalue weighted by Crippen LogP contribution is 2.12. The van der Waals surface area contributed by atoms with Crippen molar-refractivity contribution in [2.24, 2.45) is 0 Å². The number of fused-ring (bicyclic) bond motifs is 1. The van der Waals surface area contributed by atoms with Crippen LogP contribution in [-0.4, -0.2) is 31.3 Å². The largest absolute Gasteiger partial charge is 0.505 e. The Bertz CT molecular complexity index is 1070. The molecule has 0 aromatic carbocycles. The van der Waals surface area contributed by atoms with E-state index in [1.807, 2.05) is 5.16 Å². The molecule has 0 saturated carbocycles. The Hall–Kier alpha value is -3.20. The van der Waals surface area contributed by atoms with Gasteiger partial charge in [-0.25, -0.2) is 5.48 Å². The molecule has 108 valence electrons. The number of aromatic amines is 1. The molecule has 3 aromatic rings. The molecule has 3 aromatic heterocycles. The van der Waals surface area contributed by atoms with Crippen LogP contribution in [-0.2, 0) is 0 Å². The van der Waals surface area contributed by atoms with Crippen molar-refractivity contribution in [1.82, 2.24) is 20.6 Å². The molecule has 0 fully saturated rings. The Labute approximate surface area is 125 Å². The molecule has 9 heteroatoms. The maximum absolute atomic E-state index is 11.0. The first-order valence-corrected chi connectivity index (χ1v) is 5.16. The smallest absolute Gasteiger partial charge is 0.287 e. The first kappa shape index (κ1) is 8.17. The van der Waals surface area contributed by atoms with Crippen LogP contribution in [0.5, 0.6) is 5.75 Å². The van der Waals surface area contributed by atoms with Gasteiger partial charge >= 0.3 is 0 Å². The Balaban J connectivity index is 0.000000194. The molecule has 0 unspecified atom stereocenters. The van der Waals surface area contributed by atoms with Crippen LogP contribution in [0.3, 0.4) is 0 Å². The van der Waals surface area contributed by atoms with Crippen LogP contribution in [0.1, 0.15) is 18.6 Å². The van der Waals surface area contributed by atoms with Crippen molar-refractivity contribution >= 4 is 16.9 Å². The molecule has 0 aliphatic rings. The maximum atomic E-state index is 11.0. The molecule has 0 spiro atoms. The third kappa shape index (κ3) is 3.22. The second kappa shape index (κ2) is 6.30. The Morgan fingerprint density at radius 1 is 1.33 bits per heavy atom. The zero-order valence-corrected chi connectivity index (χ0v) is 10.0.